The third kappa shape index (κ3) is 3.99. The van der Waals surface area contributed by atoms with E-state index in [0.29, 0.717) is 23.2 Å². The maximum absolute atomic E-state index is 14.5. The van der Waals surface area contributed by atoms with Crippen molar-refractivity contribution in [3.63, 3.8) is 0 Å². The van der Waals surface area contributed by atoms with Crippen LogP contribution < -0.4 is 21.2 Å². The third-order valence-corrected chi connectivity index (χ3v) is 5.60. The van der Waals surface area contributed by atoms with Crippen molar-refractivity contribution >= 4 is 38.5 Å². The predicted octanol–water partition coefficient (Wildman–Crippen LogP) is 2.05. The molecule has 0 saturated heterocycles. The van der Waals surface area contributed by atoms with Gasteiger partial charge in [-0.2, -0.15) is 0 Å². The molecule has 4 N–H and O–H groups in total. The van der Waals surface area contributed by atoms with Gasteiger partial charge in [0, 0.05) is 24.6 Å². The summed E-state index contributed by atoms with van der Waals surface area (Å²) in [7, 11) is -2.46. The first-order chi connectivity index (χ1) is 14.6. The van der Waals surface area contributed by atoms with Crippen LogP contribution in [0.25, 0.3) is 22.3 Å². The summed E-state index contributed by atoms with van der Waals surface area (Å²) in [5.74, 6) is -1.44. The van der Waals surface area contributed by atoms with Crippen LogP contribution in [0.2, 0.25) is 0 Å². The number of hydrogen-bond acceptors (Lipinski definition) is 6. The van der Waals surface area contributed by atoms with Crippen LogP contribution in [0, 0.1) is 5.82 Å². The number of nitrogens with one attached hydrogen (secondary N) is 2. The van der Waals surface area contributed by atoms with E-state index in [1.807, 2.05) is 0 Å². The van der Waals surface area contributed by atoms with Crippen LogP contribution in [0.3, 0.4) is 0 Å². The van der Waals surface area contributed by atoms with Crippen molar-refractivity contribution in [2.45, 2.75) is 13.5 Å². The molecule has 0 unspecified atom stereocenters. The molecule has 0 radical (unpaired) electrons. The highest BCUT2D eigenvalue weighted by Crippen LogP contribution is 2.26. The number of fused-ring (bicyclic) bond motifs is 1. The Morgan fingerprint density at radius 3 is 2.61 bits per heavy atom. The number of hydrogen-bond donors (Lipinski definition) is 3. The number of rotatable bonds is 6. The molecular weight excluding hydrogens is 425 g/mol. The number of pyridine rings is 2. The molecule has 0 aliphatic carbocycles. The molecule has 0 bridgehead atoms. The average Bonchev–Trinajstić information content (AvgIpc) is 2.75. The van der Waals surface area contributed by atoms with Gasteiger partial charge in [-0.05, 0) is 31.2 Å². The Balaban J connectivity index is 2.17. The molecule has 3 rings (SSSR count). The van der Waals surface area contributed by atoms with Crippen molar-refractivity contribution in [1.82, 2.24) is 14.9 Å². The van der Waals surface area contributed by atoms with Crippen LogP contribution in [-0.4, -0.2) is 30.9 Å². The second kappa shape index (κ2) is 8.19. The molecule has 1 amide bonds. The lowest BCUT2D eigenvalue weighted by Crippen LogP contribution is -2.30. The molecule has 162 valence electrons. The number of halogens is 1. The van der Waals surface area contributed by atoms with Gasteiger partial charge in [0.15, 0.2) is 0 Å². The van der Waals surface area contributed by atoms with Crippen molar-refractivity contribution in [3.8, 4) is 11.3 Å². The standard InChI is InChI=1S/C20H20FN5O4S/c1-4-26-18(22)16(20(28)23-3)17(27)12-7-9-14(24-19(12)26)11-6-8-15(13(21)10-11)25-31(29,30)5-2/h5-10,25H,2,4,22H2,1,3H3,(H,23,28). The van der Waals surface area contributed by atoms with E-state index in [1.54, 1.807) is 6.92 Å². The molecule has 11 heteroatoms. The minimum atomic E-state index is -3.86. The quantitative estimate of drug-likeness (QED) is 0.531. The zero-order chi connectivity index (χ0) is 22.9. The molecule has 9 nitrogen and oxygen atoms in total. The topological polar surface area (TPSA) is 136 Å². The fraction of sp³-hybridized carbons (Fsp3) is 0.150. The summed E-state index contributed by atoms with van der Waals surface area (Å²) in [5, 5.41) is 3.26. The minimum absolute atomic E-state index is 0.0237. The zero-order valence-corrected chi connectivity index (χ0v) is 17.6. The number of aromatic nitrogens is 2. The van der Waals surface area contributed by atoms with E-state index in [2.05, 4.69) is 21.6 Å². The van der Waals surface area contributed by atoms with E-state index < -0.39 is 27.2 Å². The SMILES string of the molecule is C=CS(=O)(=O)Nc1ccc(-c2ccc3c(=O)c(C(=O)NC)c(N)n(CC)c3n2)cc1F. The zero-order valence-electron chi connectivity index (χ0n) is 16.8. The van der Waals surface area contributed by atoms with Crippen molar-refractivity contribution in [3.05, 3.63) is 63.9 Å². The fourth-order valence-electron chi connectivity index (χ4n) is 3.11. The smallest absolute Gasteiger partial charge is 0.258 e. The lowest BCUT2D eigenvalue weighted by molar-refractivity contribution is 0.0962. The normalized spacial score (nSPS) is 11.3. The van der Waals surface area contributed by atoms with E-state index >= 15 is 0 Å². The van der Waals surface area contributed by atoms with Crippen molar-refractivity contribution < 1.29 is 17.6 Å². The van der Waals surface area contributed by atoms with Gasteiger partial charge in [0.2, 0.25) is 5.43 Å². The summed E-state index contributed by atoms with van der Waals surface area (Å²) in [6, 6.07) is 6.86. The first kappa shape index (κ1) is 22.0. The number of carbonyl (C=O) groups excluding carboxylic acids is 1. The van der Waals surface area contributed by atoms with E-state index in [0.717, 1.165) is 6.07 Å². The molecule has 2 heterocycles. The van der Waals surface area contributed by atoms with Gasteiger partial charge in [-0.3, -0.25) is 14.3 Å². The highest BCUT2D eigenvalue weighted by Gasteiger charge is 2.21. The molecular formula is C20H20FN5O4S. The Morgan fingerprint density at radius 1 is 1.32 bits per heavy atom. The van der Waals surface area contributed by atoms with Crippen LogP contribution in [0.4, 0.5) is 15.9 Å². The van der Waals surface area contributed by atoms with E-state index in [1.165, 1.54) is 35.9 Å². The van der Waals surface area contributed by atoms with Crippen molar-refractivity contribution in [2.24, 2.45) is 0 Å². The van der Waals surface area contributed by atoms with Crippen LogP contribution in [-0.2, 0) is 16.6 Å². The largest absolute Gasteiger partial charge is 0.384 e. The summed E-state index contributed by atoms with van der Waals surface area (Å²) >= 11 is 0. The van der Waals surface area contributed by atoms with E-state index in [4.69, 9.17) is 5.73 Å². The predicted molar refractivity (Wildman–Crippen MR) is 118 cm³/mol. The van der Waals surface area contributed by atoms with Gasteiger partial charge in [-0.25, -0.2) is 17.8 Å². The van der Waals surface area contributed by atoms with Gasteiger partial charge < -0.3 is 15.6 Å². The number of benzene rings is 1. The molecule has 0 spiro atoms. The van der Waals surface area contributed by atoms with Crippen LogP contribution in [0.5, 0.6) is 0 Å². The Hall–Kier alpha value is -3.73. The second-order valence-corrected chi connectivity index (χ2v) is 8.12. The second-order valence-electron chi connectivity index (χ2n) is 6.49. The average molecular weight is 445 g/mol. The minimum Gasteiger partial charge on any atom is -0.384 e. The fourth-order valence-corrected chi connectivity index (χ4v) is 3.66. The first-order valence-electron chi connectivity index (χ1n) is 9.13. The highest BCUT2D eigenvalue weighted by atomic mass is 32.2. The third-order valence-electron chi connectivity index (χ3n) is 4.66. The van der Waals surface area contributed by atoms with Crippen LogP contribution >= 0.6 is 0 Å². The van der Waals surface area contributed by atoms with Crippen molar-refractivity contribution in [2.75, 3.05) is 17.5 Å². The summed E-state index contributed by atoms with van der Waals surface area (Å²) in [6.07, 6.45) is 0. The molecule has 3 aromatic rings. The number of nitrogens with two attached hydrogens (primary N) is 1. The number of anilines is 2. The number of sulfonamides is 1. The maximum Gasteiger partial charge on any atom is 0.258 e. The lowest BCUT2D eigenvalue weighted by Gasteiger charge is -2.15. The highest BCUT2D eigenvalue weighted by molar-refractivity contribution is 7.95. The molecule has 1 aromatic carbocycles. The summed E-state index contributed by atoms with van der Waals surface area (Å²) < 4.78 is 41.2. The Labute approximate surface area is 177 Å². The van der Waals surface area contributed by atoms with Crippen LogP contribution in [0.15, 0.2) is 47.1 Å². The molecule has 0 fully saturated rings. The molecule has 31 heavy (non-hydrogen) atoms. The molecule has 0 atom stereocenters. The molecule has 0 saturated carbocycles. The number of amides is 1. The molecule has 0 aliphatic rings. The van der Waals surface area contributed by atoms with Gasteiger partial charge in [-0.15, -0.1) is 0 Å². The summed E-state index contributed by atoms with van der Waals surface area (Å²) in [4.78, 5) is 29.4. The Kier molecular flexibility index (Phi) is 5.80. The van der Waals surface area contributed by atoms with Gasteiger partial charge in [0.1, 0.15) is 22.8 Å². The van der Waals surface area contributed by atoms with Crippen molar-refractivity contribution in [1.29, 1.82) is 0 Å². The van der Waals surface area contributed by atoms with Gasteiger partial charge in [0.25, 0.3) is 15.9 Å². The van der Waals surface area contributed by atoms with Crippen LogP contribution in [0.1, 0.15) is 17.3 Å². The van der Waals surface area contributed by atoms with Gasteiger partial charge in [-0.1, -0.05) is 12.6 Å². The van der Waals surface area contributed by atoms with E-state index in [-0.39, 0.29) is 28.1 Å². The summed E-state index contributed by atoms with van der Waals surface area (Å²) in [5.41, 5.74) is 6.03. The first-order valence-corrected chi connectivity index (χ1v) is 10.7. The summed E-state index contributed by atoms with van der Waals surface area (Å²) in [6.45, 7) is 5.27. The maximum atomic E-state index is 14.5. The number of aryl methyl sites for hydroxylation is 1. The number of carbonyl (C=O) groups is 1. The number of nitrogen functional groups attached to an aromatic ring is 1. The van der Waals surface area contributed by atoms with Gasteiger partial charge >= 0.3 is 0 Å². The van der Waals surface area contributed by atoms with Gasteiger partial charge in [0.05, 0.1) is 16.8 Å². The number of nitrogens with zero attached hydrogens (tertiary/aromatic N) is 2. The molecule has 2 aromatic heterocycles. The Morgan fingerprint density at radius 2 is 2.03 bits per heavy atom. The van der Waals surface area contributed by atoms with E-state index in [9.17, 15) is 22.4 Å². The monoisotopic (exact) mass is 445 g/mol. The lowest BCUT2D eigenvalue weighted by atomic mass is 10.1. The molecule has 0 aliphatic heterocycles. The Bertz CT molecular complexity index is 1380.